The van der Waals surface area contributed by atoms with Crippen molar-refractivity contribution in [3.63, 3.8) is 0 Å². The topological polar surface area (TPSA) is 41.6 Å². The molecule has 0 rings (SSSR count). The van der Waals surface area contributed by atoms with E-state index in [1.807, 2.05) is 0 Å². The lowest BCUT2D eigenvalue weighted by Gasteiger charge is -2.22. The van der Waals surface area contributed by atoms with E-state index in [0.717, 1.165) is 13.0 Å². The molecule has 0 saturated heterocycles. The minimum Gasteiger partial charge on any atom is -0.453 e. The summed E-state index contributed by atoms with van der Waals surface area (Å²) < 4.78 is 4.62. The van der Waals surface area contributed by atoms with Gasteiger partial charge in [0, 0.05) is 6.54 Å². The number of alkyl carbamates (subject to hydrolysis) is 1. The monoisotopic (exact) mass is 356 g/mol. The average Bonchev–Trinajstić information content (AvgIpc) is 2.63. The normalized spacial score (nSPS) is 11.0. The maximum absolute atomic E-state index is 11.1. The SMILES string of the molecule is CCCCCCCCN(CCCCCCCC)CCCNC(=O)OC. The van der Waals surface area contributed by atoms with Crippen LogP contribution in [-0.4, -0.2) is 44.3 Å². The van der Waals surface area contributed by atoms with Gasteiger partial charge in [-0.3, -0.25) is 0 Å². The molecule has 25 heavy (non-hydrogen) atoms. The second kappa shape index (κ2) is 19.6. The number of rotatable bonds is 18. The summed E-state index contributed by atoms with van der Waals surface area (Å²) in [7, 11) is 1.42. The van der Waals surface area contributed by atoms with Gasteiger partial charge < -0.3 is 15.0 Å². The van der Waals surface area contributed by atoms with E-state index < -0.39 is 0 Å². The molecule has 0 aliphatic carbocycles. The molecule has 150 valence electrons. The number of nitrogens with one attached hydrogen (secondary N) is 1. The number of amides is 1. The van der Waals surface area contributed by atoms with Gasteiger partial charge in [0.05, 0.1) is 7.11 Å². The van der Waals surface area contributed by atoms with Crippen molar-refractivity contribution in [2.24, 2.45) is 0 Å². The first-order valence-electron chi connectivity index (χ1n) is 10.8. The zero-order valence-corrected chi connectivity index (χ0v) is 17.3. The van der Waals surface area contributed by atoms with Crippen LogP contribution in [0.2, 0.25) is 0 Å². The third-order valence-corrected chi connectivity index (χ3v) is 4.76. The lowest BCUT2D eigenvalue weighted by atomic mass is 10.1. The molecule has 0 bridgehead atoms. The van der Waals surface area contributed by atoms with E-state index in [2.05, 4.69) is 28.8 Å². The lowest BCUT2D eigenvalue weighted by Crippen LogP contribution is -2.31. The van der Waals surface area contributed by atoms with Crippen molar-refractivity contribution in [3.05, 3.63) is 0 Å². The van der Waals surface area contributed by atoms with Crippen LogP contribution in [0, 0.1) is 0 Å². The third kappa shape index (κ3) is 17.8. The molecule has 4 heteroatoms. The molecule has 0 spiro atoms. The molecule has 1 N–H and O–H groups in total. The van der Waals surface area contributed by atoms with Crippen molar-refractivity contribution in [1.82, 2.24) is 10.2 Å². The average molecular weight is 357 g/mol. The van der Waals surface area contributed by atoms with E-state index in [1.54, 1.807) is 0 Å². The van der Waals surface area contributed by atoms with Gasteiger partial charge in [-0.15, -0.1) is 0 Å². The van der Waals surface area contributed by atoms with Gasteiger partial charge in [-0.05, 0) is 38.9 Å². The highest BCUT2D eigenvalue weighted by Crippen LogP contribution is 2.09. The molecule has 0 aromatic heterocycles. The Balaban J connectivity index is 3.85. The Hall–Kier alpha value is -0.770. The number of ether oxygens (including phenoxy) is 1. The van der Waals surface area contributed by atoms with Crippen LogP contribution < -0.4 is 5.32 Å². The molecular weight excluding hydrogens is 312 g/mol. The van der Waals surface area contributed by atoms with Gasteiger partial charge in [0.15, 0.2) is 0 Å². The summed E-state index contributed by atoms with van der Waals surface area (Å²) in [5, 5.41) is 2.78. The summed E-state index contributed by atoms with van der Waals surface area (Å²) in [4.78, 5) is 13.7. The molecule has 0 aromatic carbocycles. The quantitative estimate of drug-likeness (QED) is 0.318. The molecule has 0 atom stereocenters. The minimum atomic E-state index is -0.321. The van der Waals surface area contributed by atoms with Gasteiger partial charge in [0.2, 0.25) is 0 Å². The first kappa shape index (κ1) is 24.2. The van der Waals surface area contributed by atoms with Gasteiger partial charge in [0.1, 0.15) is 0 Å². The predicted octanol–water partition coefficient (Wildman–Crippen LogP) is 5.76. The van der Waals surface area contributed by atoms with Gasteiger partial charge in [-0.25, -0.2) is 4.79 Å². The van der Waals surface area contributed by atoms with Crippen LogP contribution in [0.5, 0.6) is 0 Å². The van der Waals surface area contributed by atoms with Crippen molar-refractivity contribution in [2.45, 2.75) is 97.3 Å². The summed E-state index contributed by atoms with van der Waals surface area (Å²) >= 11 is 0. The van der Waals surface area contributed by atoms with Gasteiger partial charge in [-0.2, -0.15) is 0 Å². The van der Waals surface area contributed by atoms with Crippen LogP contribution in [0.3, 0.4) is 0 Å². The molecule has 1 amide bonds. The van der Waals surface area contributed by atoms with E-state index in [4.69, 9.17) is 0 Å². The van der Waals surface area contributed by atoms with Crippen LogP contribution in [0.25, 0.3) is 0 Å². The Morgan fingerprint density at radius 2 is 1.16 bits per heavy atom. The van der Waals surface area contributed by atoms with E-state index in [0.29, 0.717) is 6.54 Å². The fourth-order valence-electron chi connectivity index (χ4n) is 3.13. The molecule has 0 radical (unpaired) electrons. The van der Waals surface area contributed by atoms with Crippen LogP contribution in [0.15, 0.2) is 0 Å². The van der Waals surface area contributed by atoms with Crippen LogP contribution >= 0.6 is 0 Å². The fourth-order valence-corrected chi connectivity index (χ4v) is 3.13. The Morgan fingerprint density at radius 1 is 0.720 bits per heavy atom. The third-order valence-electron chi connectivity index (χ3n) is 4.76. The summed E-state index contributed by atoms with van der Waals surface area (Å²) in [5.74, 6) is 0. The first-order chi connectivity index (χ1) is 12.2. The summed E-state index contributed by atoms with van der Waals surface area (Å²) in [5.41, 5.74) is 0. The molecule has 0 aromatic rings. The largest absolute Gasteiger partial charge is 0.453 e. The molecule has 0 saturated carbocycles. The number of carbonyl (C=O) groups excluding carboxylic acids is 1. The smallest absolute Gasteiger partial charge is 0.406 e. The highest BCUT2D eigenvalue weighted by molar-refractivity contribution is 5.66. The maximum atomic E-state index is 11.1. The Labute approximate surface area is 157 Å². The van der Waals surface area contributed by atoms with Crippen LogP contribution in [0.1, 0.15) is 97.3 Å². The summed E-state index contributed by atoms with van der Waals surface area (Å²) in [6.07, 6.45) is 16.9. The van der Waals surface area contributed by atoms with Crippen molar-refractivity contribution >= 4 is 6.09 Å². The zero-order chi connectivity index (χ0) is 18.6. The number of hydrogen-bond acceptors (Lipinski definition) is 3. The highest BCUT2D eigenvalue weighted by Gasteiger charge is 2.05. The van der Waals surface area contributed by atoms with Gasteiger partial charge >= 0.3 is 6.09 Å². The molecule has 0 aliphatic rings. The Bertz CT molecular complexity index is 269. The number of hydrogen-bond donors (Lipinski definition) is 1. The second-order valence-corrected chi connectivity index (χ2v) is 7.15. The molecule has 4 nitrogen and oxygen atoms in total. The molecule has 0 heterocycles. The zero-order valence-electron chi connectivity index (χ0n) is 17.3. The van der Waals surface area contributed by atoms with E-state index >= 15 is 0 Å². The van der Waals surface area contributed by atoms with Crippen molar-refractivity contribution in [3.8, 4) is 0 Å². The minimum absolute atomic E-state index is 0.321. The van der Waals surface area contributed by atoms with Crippen molar-refractivity contribution < 1.29 is 9.53 Å². The van der Waals surface area contributed by atoms with E-state index in [-0.39, 0.29) is 6.09 Å². The predicted molar refractivity (Wildman–Crippen MR) is 108 cm³/mol. The highest BCUT2D eigenvalue weighted by atomic mass is 16.5. The number of nitrogens with zero attached hydrogens (tertiary/aromatic N) is 1. The molecule has 0 aliphatic heterocycles. The Morgan fingerprint density at radius 3 is 1.64 bits per heavy atom. The van der Waals surface area contributed by atoms with Crippen molar-refractivity contribution in [1.29, 1.82) is 0 Å². The lowest BCUT2D eigenvalue weighted by molar-refractivity contribution is 0.170. The first-order valence-corrected chi connectivity index (χ1v) is 10.8. The standard InChI is InChI=1S/C21H44N2O2/c1-4-6-8-10-12-14-18-23(19-15-13-11-9-7-5-2)20-16-17-22-21(24)25-3/h4-20H2,1-3H3,(H,22,24). The summed E-state index contributed by atoms with van der Waals surface area (Å²) in [6, 6.07) is 0. The number of methoxy groups -OCH3 is 1. The van der Waals surface area contributed by atoms with Crippen LogP contribution in [0.4, 0.5) is 4.79 Å². The van der Waals surface area contributed by atoms with Crippen molar-refractivity contribution in [2.75, 3.05) is 33.3 Å². The molecular formula is C21H44N2O2. The number of carbonyl (C=O) groups is 1. The second-order valence-electron chi connectivity index (χ2n) is 7.15. The molecule has 0 unspecified atom stereocenters. The van der Waals surface area contributed by atoms with Gasteiger partial charge in [0.25, 0.3) is 0 Å². The molecule has 0 fully saturated rings. The fraction of sp³-hybridized carbons (Fsp3) is 0.952. The van der Waals surface area contributed by atoms with E-state index in [1.165, 1.54) is 97.2 Å². The van der Waals surface area contributed by atoms with Crippen LogP contribution in [-0.2, 0) is 4.74 Å². The Kier molecular flexibility index (Phi) is 19.0. The summed E-state index contributed by atoms with van der Waals surface area (Å²) in [6.45, 7) is 8.73. The maximum Gasteiger partial charge on any atom is 0.406 e. The van der Waals surface area contributed by atoms with E-state index in [9.17, 15) is 4.79 Å². The number of unbranched alkanes of at least 4 members (excludes halogenated alkanes) is 10. The van der Waals surface area contributed by atoms with Gasteiger partial charge in [-0.1, -0.05) is 78.1 Å².